The summed E-state index contributed by atoms with van der Waals surface area (Å²) in [4.78, 5) is 0. The molecule has 1 heterocycles. The molecular formula is C12H10Cl2O2. The topological polar surface area (TPSA) is 33.4 Å². The molecule has 1 N–H and O–H groups in total. The van der Waals surface area contributed by atoms with Crippen molar-refractivity contribution in [2.24, 2.45) is 0 Å². The van der Waals surface area contributed by atoms with Crippen molar-refractivity contribution in [1.82, 2.24) is 0 Å². The Balaban J connectivity index is 2.15. The second-order valence-corrected chi connectivity index (χ2v) is 4.31. The number of aliphatic hydroxyl groups is 1. The molecule has 2 rings (SSSR count). The fourth-order valence-electron chi connectivity index (χ4n) is 1.48. The third-order valence-corrected chi connectivity index (χ3v) is 2.89. The Labute approximate surface area is 103 Å². The first-order valence-corrected chi connectivity index (χ1v) is 5.58. The van der Waals surface area contributed by atoms with Crippen LogP contribution in [-0.4, -0.2) is 5.11 Å². The van der Waals surface area contributed by atoms with Crippen LogP contribution in [0.4, 0.5) is 0 Å². The van der Waals surface area contributed by atoms with E-state index in [1.807, 2.05) is 0 Å². The normalized spacial score (nSPS) is 12.7. The fraction of sp³-hybridized carbons (Fsp3) is 0.167. The molecule has 0 fully saturated rings. The van der Waals surface area contributed by atoms with E-state index >= 15 is 0 Å². The molecule has 1 atom stereocenters. The highest BCUT2D eigenvalue weighted by molar-refractivity contribution is 6.35. The summed E-state index contributed by atoms with van der Waals surface area (Å²) >= 11 is 11.8. The molecule has 0 aliphatic heterocycles. The Bertz CT molecular complexity index is 466. The lowest BCUT2D eigenvalue weighted by atomic mass is 10.1. The molecule has 0 saturated heterocycles. The van der Waals surface area contributed by atoms with Gasteiger partial charge in [-0.25, -0.2) is 0 Å². The standard InChI is InChI=1S/C12H10Cl2O2/c13-9-4-3-8(10(14)7-9)6-11(15)12-2-1-5-16-12/h1-5,7,11,15H,6H2. The molecule has 0 saturated carbocycles. The molecule has 84 valence electrons. The molecule has 2 aromatic rings. The summed E-state index contributed by atoms with van der Waals surface area (Å²) in [7, 11) is 0. The maximum absolute atomic E-state index is 9.87. The van der Waals surface area contributed by atoms with Gasteiger partial charge in [0.1, 0.15) is 11.9 Å². The van der Waals surface area contributed by atoms with Gasteiger partial charge in [0.05, 0.1) is 6.26 Å². The molecule has 2 nitrogen and oxygen atoms in total. The number of halogens is 2. The van der Waals surface area contributed by atoms with Crippen LogP contribution in [0.2, 0.25) is 10.0 Å². The van der Waals surface area contributed by atoms with Gasteiger partial charge in [0, 0.05) is 16.5 Å². The molecular weight excluding hydrogens is 247 g/mol. The average molecular weight is 257 g/mol. The second-order valence-electron chi connectivity index (χ2n) is 3.47. The molecule has 0 aliphatic carbocycles. The minimum absolute atomic E-state index is 0.406. The van der Waals surface area contributed by atoms with Crippen molar-refractivity contribution >= 4 is 23.2 Å². The van der Waals surface area contributed by atoms with Gasteiger partial charge in [0.25, 0.3) is 0 Å². The van der Waals surface area contributed by atoms with Gasteiger partial charge in [-0.15, -0.1) is 0 Å². The molecule has 1 aromatic carbocycles. The number of hydrogen-bond acceptors (Lipinski definition) is 2. The Kier molecular flexibility index (Phi) is 3.54. The lowest BCUT2D eigenvalue weighted by Crippen LogP contribution is -2.00. The molecule has 1 unspecified atom stereocenters. The number of aliphatic hydroxyl groups excluding tert-OH is 1. The quantitative estimate of drug-likeness (QED) is 0.905. The van der Waals surface area contributed by atoms with Crippen LogP contribution in [0.15, 0.2) is 41.0 Å². The summed E-state index contributed by atoms with van der Waals surface area (Å²) in [5.74, 6) is 0.533. The highest BCUT2D eigenvalue weighted by Gasteiger charge is 2.13. The van der Waals surface area contributed by atoms with Crippen LogP contribution in [0.1, 0.15) is 17.4 Å². The van der Waals surface area contributed by atoms with E-state index in [0.29, 0.717) is 22.2 Å². The van der Waals surface area contributed by atoms with Gasteiger partial charge in [0.15, 0.2) is 0 Å². The van der Waals surface area contributed by atoms with Gasteiger partial charge in [-0.1, -0.05) is 29.3 Å². The molecule has 0 bridgehead atoms. The first-order valence-electron chi connectivity index (χ1n) is 4.82. The first kappa shape index (κ1) is 11.5. The Morgan fingerprint density at radius 3 is 2.69 bits per heavy atom. The Morgan fingerprint density at radius 1 is 1.25 bits per heavy atom. The maximum Gasteiger partial charge on any atom is 0.132 e. The van der Waals surface area contributed by atoms with E-state index in [4.69, 9.17) is 27.6 Å². The van der Waals surface area contributed by atoms with Gasteiger partial charge >= 0.3 is 0 Å². The van der Waals surface area contributed by atoms with Crippen molar-refractivity contribution < 1.29 is 9.52 Å². The number of benzene rings is 1. The molecule has 4 heteroatoms. The average Bonchev–Trinajstić information content (AvgIpc) is 2.75. The zero-order valence-electron chi connectivity index (χ0n) is 8.36. The minimum Gasteiger partial charge on any atom is -0.467 e. The molecule has 0 amide bonds. The predicted octanol–water partition coefficient (Wildman–Crippen LogP) is 3.86. The fourth-order valence-corrected chi connectivity index (χ4v) is 1.96. The minimum atomic E-state index is -0.686. The van der Waals surface area contributed by atoms with Crippen molar-refractivity contribution in [3.63, 3.8) is 0 Å². The maximum atomic E-state index is 9.87. The van der Waals surface area contributed by atoms with Gasteiger partial charge in [0.2, 0.25) is 0 Å². The van der Waals surface area contributed by atoms with E-state index in [1.54, 1.807) is 30.3 Å². The van der Waals surface area contributed by atoms with Crippen molar-refractivity contribution in [2.75, 3.05) is 0 Å². The second kappa shape index (κ2) is 4.91. The highest BCUT2D eigenvalue weighted by Crippen LogP contribution is 2.26. The molecule has 0 spiro atoms. The summed E-state index contributed by atoms with van der Waals surface area (Å²) < 4.78 is 5.11. The van der Waals surface area contributed by atoms with Crippen molar-refractivity contribution in [3.05, 3.63) is 58.0 Å². The summed E-state index contributed by atoms with van der Waals surface area (Å²) in [5, 5.41) is 11.0. The van der Waals surface area contributed by atoms with E-state index in [2.05, 4.69) is 0 Å². The predicted molar refractivity (Wildman–Crippen MR) is 63.8 cm³/mol. The van der Waals surface area contributed by atoms with Crippen LogP contribution in [0.25, 0.3) is 0 Å². The van der Waals surface area contributed by atoms with Crippen molar-refractivity contribution in [2.45, 2.75) is 12.5 Å². The van der Waals surface area contributed by atoms with Crippen LogP contribution in [-0.2, 0) is 6.42 Å². The largest absolute Gasteiger partial charge is 0.467 e. The number of furan rings is 1. The zero-order valence-corrected chi connectivity index (χ0v) is 9.87. The third kappa shape index (κ3) is 2.59. The summed E-state index contributed by atoms with van der Waals surface area (Å²) in [5.41, 5.74) is 0.843. The SMILES string of the molecule is OC(Cc1ccc(Cl)cc1Cl)c1ccco1. The molecule has 0 radical (unpaired) electrons. The zero-order chi connectivity index (χ0) is 11.5. The van der Waals surface area contributed by atoms with Crippen molar-refractivity contribution in [3.8, 4) is 0 Å². The van der Waals surface area contributed by atoms with Crippen LogP contribution in [0.5, 0.6) is 0 Å². The van der Waals surface area contributed by atoms with Crippen LogP contribution < -0.4 is 0 Å². The summed E-state index contributed by atoms with van der Waals surface area (Å²) in [6, 6.07) is 8.68. The third-order valence-electron chi connectivity index (χ3n) is 2.30. The molecule has 0 aliphatic rings. The van der Waals surface area contributed by atoms with Gasteiger partial charge in [-0.3, -0.25) is 0 Å². The number of hydrogen-bond donors (Lipinski definition) is 1. The van der Waals surface area contributed by atoms with Crippen LogP contribution >= 0.6 is 23.2 Å². The monoisotopic (exact) mass is 256 g/mol. The lowest BCUT2D eigenvalue weighted by molar-refractivity contribution is 0.150. The first-order chi connectivity index (χ1) is 7.66. The van der Waals surface area contributed by atoms with E-state index in [9.17, 15) is 5.11 Å². The van der Waals surface area contributed by atoms with Gasteiger partial charge in [-0.05, 0) is 29.8 Å². The van der Waals surface area contributed by atoms with Crippen LogP contribution in [0.3, 0.4) is 0 Å². The molecule has 16 heavy (non-hydrogen) atoms. The van der Waals surface area contributed by atoms with Gasteiger partial charge in [-0.2, -0.15) is 0 Å². The van der Waals surface area contributed by atoms with Crippen LogP contribution in [0, 0.1) is 0 Å². The smallest absolute Gasteiger partial charge is 0.132 e. The Morgan fingerprint density at radius 2 is 2.06 bits per heavy atom. The van der Waals surface area contributed by atoms with E-state index in [0.717, 1.165) is 5.56 Å². The van der Waals surface area contributed by atoms with Gasteiger partial charge < -0.3 is 9.52 Å². The highest BCUT2D eigenvalue weighted by atomic mass is 35.5. The van der Waals surface area contributed by atoms with E-state index < -0.39 is 6.10 Å². The van der Waals surface area contributed by atoms with Crippen molar-refractivity contribution in [1.29, 1.82) is 0 Å². The van der Waals surface area contributed by atoms with E-state index in [-0.39, 0.29) is 0 Å². The molecule has 1 aromatic heterocycles. The lowest BCUT2D eigenvalue weighted by Gasteiger charge is -2.09. The number of rotatable bonds is 3. The summed E-state index contributed by atoms with van der Waals surface area (Å²) in [6.07, 6.45) is 1.25. The Hall–Kier alpha value is -0.960. The summed E-state index contributed by atoms with van der Waals surface area (Å²) in [6.45, 7) is 0. The van der Waals surface area contributed by atoms with E-state index in [1.165, 1.54) is 6.26 Å².